The molecule has 2 heterocycles. The number of aromatic amines is 1. The highest BCUT2D eigenvalue weighted by molar-refractivity contribution is 7.99. The molecule has 0 amide bonds. The summed E-state index contributed by atoms with van der Waals surface area (Å²) in [5.41, 5.74) is 0.859. The maximum atomic E-state index is 12.7. The van der Waals surface area contributed by atoms with Crippen LogP contribution in [0.25, 0.3) is 17.0 Å². The van der Waals surface area contributed by atoms with Gasteiger partial charge in [-0.05, 0) is 30.3 Å². The Kier molecular flexibility index (Phi) is 5.92. The van der Waals surface area contributed by atoms with Crippen LogP contribution in [0, 0.1) is 0 Å². The van der Waals surface area contributed by atoms with Crippen LogP contribution >= 0.6 is 23.4 Å². The monoisotopic (exact) mass is 457 g/mol. The molecule has 0 fully saturated rings. The average Bonchev–Trinajstić information content (AvgIpc) is 3.18. The van der Waals surface area contributed by atoms with Crippen molar-refractivity contribution in [2.45, 2.75) is 5.16 Å². The van der Waals surface area contributed by atoms with Crippen LogP contribution in [0.1, 0.15) is 10.4 Å². The Balaban J connectivity index is 1.59. The molecule has 11 heteroatoms. The molecular formula is C20H16ClN5O4S. The fraction of sp³-hybridized carbons (Fsp3) is 0.150. The van der Waals surface area contributed by atoms with Crippen molar-refractivity contribution in [1.82, 2.24) is 24.8 Å². The van der Waals surface area contributed by atoms with Crippen molar-refractivity contribution in [3.8, 4) is 22.8 Å². The van der Waals surface area contributed by atoms with Gasteiger partial charge in [-0.3, -0.25) is 14.6 Å². The van der Waals surface area contributed by atoms with Gasteiger partial charge in [0, 0.05) is 16.1 Å². The minimum Gasteiger partial charge on any atom is -0.493 e. The van der Waals surface area contributed by atoms with Crippen LogP contribution in [0.4, 0.5) is 0 Å². The van der Waals surface area contributed by atoms with Crippen LogP contribution in [0.2, 0.25) is 5.02 Å². The highest BCUT2D eigenvalue weighted by Crippen LogP contribution is 2.28. The normalized spacial score (nSPS) is 10.9. The first-order valence-corrected chi connectivity index (χ1v) is 10.4. The molecule has 0 aliphatic carbocycles. The van der Waals surface area contributed by atoms with Crippen LogP contribution in [-0.4, -0.2) is 50.6 Å². The molecule has 0 atom stereocenters. The number of nitrogens with zero attached hydrogens (tertiary/aromatic N) is 4. The zero-order valence-electron chi connectivity index (χ0n) is 16.5. The average molecular weight is 458 g/mol. The lowest BCUT2D eigenvalue weighted by Gasteiger charge is -2.08. The predicted octanol–water partition coefficient (Wildman–Crippen LogP) is 3.13. The molecule has 2 aromatic heterocycles. The number of hydrogen-bond donors (Lipinski definition) is 1. The summed E-state index contributed by atoms with van der Waals surface area (Å²) in [5, 5.41) is 13.3. The van der Waals surface area contributed by atoms with Gasteiger partial charge < -0.3 is 9.47 Å². The van der Waals surface area contributed by atoms with Gasteiger partial charge in [0.15, 0.2) is 23.0 Å². The van der Waals surface area contributed by atoms with Gasteiger partial charge in [-0.1, -0.05) is 35.5 Å². The fourth-order valence-corrected chi connectivity index (χ4v) is 3.75. The second kappa shape index (κ2) is 8.78. The van der Waals surface area contributed by atoms with Gasteiger partial charge in [0.1, 0.15) is 0 Å². The predicted molar refractivity (Wildman–Crippen MR) is 116 cm³/mol. The number of fused-ring (bicyclic) bond motifs is 1. The second-order valence-corrected chi connectivity index (χ2v) is 7.69. The van der Waals surface area contributed by atoms with Crippen molar-refractivity contribution in [2.75, 3.05) is 20.0 Å². The molecule has 158 valence electrons. The molecule has 1 N–H and O–H groups in total. The quantitative estimate of drug-likeness (QED) is 0.333. The Labute approximate surface area is 185 Å². The van der Waals surface area contributed by atoms with Crippen LogP contribution in [0.5, 0.6) is 11.5 Å². The van der Waals surface area contributed by atoms with E-state index >= 15 is 0 Å². The smallest absolute Gasteiger partial charge is 0.279 e. The number of ether oxygens (including phenoxy) is 2. The molecule has 0 spiro atoms. The van der Waals surface area contributed by atoms with Gasteiger partial charge in [-0.25, -0.2) is 0 Å². The summed E-state index contributed by atoms with van der Waals surface area (Å²) in [7, 11) is 3.04. The van der Waals surface area contributed by atoms with Gasteiger partial charge in [-0.15, -0.1) is 10.2 Å². The molecule has 0 unspecified atom stereocenters. The number of carbonyl (C=O) groups is 1. The topological polar surface area (TPSA) is 111 Å². The minimum atomic E-state index is -0.403. The number of ketones is 1. The molecule has 0 saturated carbocycles. The van der Waals surface area contributed by atoms with Crippen LogP contribution in [0.15, 0.2) is 52.4 Å². The maximum absolute atomic E-state index is 12.7. The van der Waals surface area contributed by atoms with Crippen molar-refractivity contribution in [3.63, 3.8) is 0 Å². The molecule has 4 aromatic rings. The molecule has 0 radical (unpaired) electrons. The summed E-state index contributed by atoms with van der Waals surface area (Å²) < 4.78 is 11.8. The molecule has 0 saturated heterocycles. The van der Waals surface area contributed by atoms with Gasteiger partial charge >= 0.3 is 0 Å². The van der Waals surface area contributed by atoms with E-state index in [9.17, 15) is 9.59 Å². The number of nitrogens with one attached hydrogen (secondary N) is 1. The van der Waals surface area contributed by atoms with Gasteiger partial charge in [0.05, 0.1) is 20.0 Å². The van der Waals surface area contributed by atoms with Crippen LogP contribution in [-0.2, 0) is 0 Å². The highest BCUT2D eigenvalue weighted by Gasteiger charge is 2.16. The Morgan fingerprint density at radius 3 is 2.55 bits per heavy atom. The molecule has 0 aliphatic heterocycles. The second-order valence-electron chi connectivity index (χ2n) is 6.31. The summed E-state index contributed by atoms with van der Waals surface area (Å²) in [5.74, 6) is 1.15. The summed E-state index contributed by atoms with van der Waals surface area (Å²) in [6.07, 6.45) is 0. The SMILES string of the molecule is COc1ccc(C(=O)CSc2nnc3[nH]c(=O)c(-c4ccc(Cl)cc4)nn23)cc1OC. The van der Waals surface area contributed by atoms with E-state index in [0.717, 1.165) is 11.8 Å². The Morgan fingerprint density at radius 2 is 1.84 bits per heavy atom. The van der Waals surface area contributed by atoms with E-state index in [1.165, 1.54) is 18.7 Å². The molecule has 31 heavy (non-hydrogen) atoms. The Hall–Kier alpha value is -3.37. The van der Waals surface area contributed by atoms with Crippen molar-refractivity contribution in [1.29, 1.82) is 0 Å². The minimum absolute atomic E-state index is 0.0906. The van der Waals surface area contributed by atoms with Crippen molar-refractivity contribution >= 4 is 34.9 Å². The third-order valence-corrected chi connectivity index (χ3v) is 5.58. The van der Waals surface area contributed by atoms with Gasteiger partial charge in [-0.2, -0.15) is 9.61 Å². The number of hydrogen-bond acceptors (Lipinski definition) is 8. The van der Waals surface area contributed by atoms with Crippen LogP contribution < -0.4 is 15.0 Å². The third-order valence-electron chi connectivity index (χ3n) is 4.41. The third kappa shape index (κ3) is 4.25. The number of methoxy groups -OCH3 is 2. The van der Waals surface area contributed by atoms with E-state index in [2.05, 4.69) is 20.3 Å². The van der Waals surface area contributed by atoms with Crippen molar-refractivity contribution < 1.29 is 14.3 Å². The van der Waals surface area contributed by atoms with E-state index in [1.54, 1.807) is 42.5 Å². The largest absolute Gasteiger partial charge is 0.493 e. The number of benzene rings is 2. The van der Waals surface area contributed by atoms with E-state index in [1.807, 2.05) is 0 Å². The maximum Gasteiger partial charge on any atom is 0.279 e. The standard InChI is InChI=1S/C20H16ClN5O4S/c1-29-15-8-5-12(9-16(15)30-2)14(27)10-31-20-24-23-19-22-18(28)17(25-26(19)20)11-3-6-13(21)7-4-11/h3-9H,10H2,1-2H3,(H,22,23,28). The molecule has 9 nitrogen and oxygen atoms in total. The Bertz CT molecular complexity index is 1320. The number of halogens is 1. The summed E-state index contributed by atoms with van der Waals surface area (Å²) >= 11 is 7.07. The van der Waals surface area contributed by atoms with Crippen LogP contribution in [0.3, 0.4) is 0 Å². The molecular weight excluding hydrogens is 442 g/mol. The summed E-state index contributed by atoms with van der Waals surface area (Å²) in [4.78, 5) is 27.7. The Morgan fingerprint density at radius 1 is 1.10 bits per heavy atom. The lowest BCUT2D eigenvalue weighted by Crippen LogP contribution is -2.15. The number of thioether (sulfide) groups is 1. The van der Waals surface area contributed by atoms with E-state index in [-0.39, 0.29) is 23.0 Å². The fourth-order valence-electron chi connectivity index (χ4n) is 2.85. The number of carbonyl (C=O) groups excluding carboxylic acids is 1. The molecule has 4 rings (SSSR count). The molecule has 0 aliphatic rings. The van der Waals surface area contributed by atoms with E-state index in [4.69, 9.17) is 21.1 Å². The first-order chi connectivity index (χ1) is 15.0. The van der Waals surface area contributed by atoms with Gasteiger partial charge in [0.25, 0.3) is 11.3 Å². The number of rotatable bonds is 7. The number of aromatic nitrogens is 5. The lowest BCUT2D eigenvalue weighted by molar-refractivity contribution is 0.102. The molecule has 2 aromatic carbocycles. The van der Waals surface area contributed by atoms with Crippen molar-refractivity contribution in [3.05, 3.63) is 63.4 Å². The van der Waals surface area contributed by atoms with E-state index < -0.39 is 5.56 Å². The first kappa shape index (κ1) is 20.9. The summed E-state index contributed by atoms with van der Waals surface area (Å²) in [6.45, 7) is 0. The molecule has 0 bridgehead atoms. The first-order valence-electron chi connectivity index (χ1n) is 9.00. The van der Waals surface area contributed by atoms with Crippen molar-refractivity contribution in [2.24, 2.45) is 0 Å². The zero-order chi connectivity index (χ0) is 22.0. The van der Waals surface area contributed by atoms with E-state index in [0.29, 0.717) is 32.8 Å². The number of Topliss-reactive ketones (excluding diaryl/α,β-unsaturated/α-hetero) is 1. The summed E-state index contributed by atoms with van der Waals surface area (Å²) in [6, 6.07) is 11.7. The van der Waals surface area contributed by atoms with Gasteiger partial charge in [0.2, 0.25) is 5.16 Å². The number of H-pyrrole nitrogens is 1. The zero-order valence-corrected chi connectivity index (χ0v) is 18.0. The lowest BCUT2D eigenvalue weighted by atomic mass is 10.1. The highest BCUT2D eigenvalue weighted by atomic mass is 35.5.